The Morgan fingerprint density at radius 3 is 2.48 bits per heavy atom. The summed E-state index contributed by atoms with van der Waals surface area (Å²) in [6.07, 6.45) is -4.32. The minimum Gasteiger partial charge on any atom is -0.387 e. The van der Waals surface area contributed by atoms with Crippen molar-refractivity contribution in [1.82, 2.24) is 15.5 Å². The number of alkyl halides is 3. The zero-order valence-electron chi connectivity index (χ0n) is 15.7. The number of amides is 2. The average molecular weight is 387 g/mol. The molecule has 1 fully saturated rings. The number of halogens is 3. The molecule has 1 aromatic rings. The van der Waals surface area contributed by atoms with Crippen molar-refractivity contribution >= 4 is 6.03 Å². The number of aliphatic hydroxyl groups is 1. The van der Waals surface area contributed by atoms with Gasteiger partial charge in [-0.25, -0.2) is 4.79 Å². The number of urea groups is 1. The van der Waals surface area contributed by atoms with Crippen LogP contribution in [0.5, 0.6) is 0 Å². The van der Waals surface area contributed by atoms with Gasteiger partial charge in [0, 0.05) is 32.2 Å². The summed E-state index contributed by atoms with van der Waals surface area (Å²) in [6, 6.07) is 4.40. The van der Waals surface area contributed by atoms with Gasteiger partial charge in [0.25, 0.3) is 0 Å². The minimum atomic E-state index is -4.55. The van der Waals surface area contributed by atoms with E-state index in [4.69, 9.17) is 0 Å². The molecule has 8 heteroatoms. The molecule has 3 N–H and O–H groups in total. The Labute approximate surface area is 157 Å². The molecule has 1 unspecified atom stereocenters. The summed E-state index contributed by atoms with van der Waals surface area (Å²) in [5, 5.41) is 15.4. The van der Waals surface area contributed by atoms with Crippen LogP contribution in [0.1, 0.15) is 43.9 Å². The Hall–Kier alpha value is -1.80. The first-order chi connectivity index (χ1) is 12.7. The predicted octanol–water partition coefficient (Wildman–Crippen LogP) is 3.16. The number of rotatable bonds is 6. The van der Waals surface area contributed by atoms with E-state index in [0.717, 1.165) is 38.5 Å². The number of nitrogens with zero attached hydrogens (tertiary/aromatic N) is 1. The van der Waals surface area contributed by atoms with Gasteiger partial charge in [0.2, 0.25) is 0 Å². The van der Waals surface area contributed by atoms with Crippen LogP contribution in [0.2, 0.25) is 0 Å². The third-order valence-electron chi connectivity index (χ3n) is 4.63. The zero-order valence-corrected chi connectivity index (χ0v) is 15.7. The first-order valence-corrected chi connectivity index (χ1v) is 9.27. The molecule has 5 nitrogen and oxygen atoms in total. The van der Waals surface area contributed by atoms with Crippen molar-refractivity contribution in [3.63, 3.8) is 0 Å². The van der Waals surface area contributed by atoms with Crippen LogP contribution in [0, 0.1) is 5.92 Å². The zero-order chi connectivity index (χ0) is 20.0. The highest BCUT2D eigenvalue weighted by molar-refractivity contribution is 5.74. The Balaban J connectivity index is 1.80. The Morgan fingerprint density at radius 2 is 1.89 bits per heavy atom. The molecule has 0 saturated carbocycles. The highest BCUT2D eigenvalue weighted by Gasteiger charge is 2.34. The number of carbonyl (C=O) groups is 1. The molecule has 1 aromatic carbocycles. The molecule has 2 rings (SSSR count). The fourth-order valence-corrected chi connectivity index (χ4v) is 3.36. The normalized spacial score (nSPS) is 17.7. The lowest BCUT2D eigenvalue weighted by atomic mass is 10.0. The molecule has 0 radical (unpaired) electrons. The summed E-state index contributed by atoms with van der Waals surface area (Å²) in [4.78, 5) is 14.4. The molecule has 0 bridgehead atoms. The second kappa shape index (κ2) is 9.41. The molecule has 2 amide bonds. The molecule has 152 valence electrons. The van der Waals surface area contributed by atoms with E-state index in [0.29, 0.717) is 5.92 Å². The van der Waals surface area contributed by atoms with E-state index in [2.05, 4.69) is 29.4 Å². The van der Waals surface area contributed by atoms with E-state index in [-0.39, 0.29) is 18.2 Å². The van der Waals surface area contributed by atoms with Crippen molar-refractivity contribution in [2.45, 2.75) is 45.0 Å². The van der Waals surface area contributed by atoms with Gasteiger partial charge < -0.3 is 20.6 Å². The van der Waals surface area contributed by atoms with Crippen LogP contribution in [0.25, 0.3) is 0 Å². The van der Waals surface area contributed by atoms with Gasteiger partial charge in [-0.05, 0) is 30.4 Å². The lowest BCUT2D eigenvalue weighted by Crippen LogP contribution is -2.49. The number of carbonyl (C=O) groups excluding carboxylic acids is 1. The Bertz CT molecular complexity index is 614. The summed E-state index contributed by atoms with van der Waals surface area (Å²) >= 11 is 0. The van der Waals surface area contributed by atoms with E-state index in [1.165, 1.54) is 18.2 Å². The molecule has 0 aromatic heterocycles. The van der Waals surface area contributed by atoms with Crippen molar-refractivity contribution < 1.29 is 23.1 Å². The molecule has 0 aliphatic carbocycles. The van der Waals surface area contributed by atoms with Gasteiger partial charge in [0.15, 0.2) is 0 Å². The molecule has 27 heavy (non-hydrogen) atoms. The summed E-state index contributed by atoms with van der Waals surface area (Å²) in [5.74, 6) is 0.596. The van der Waals surface area contributed by atoms with Crippen LogP contribution in [0.4, 0.5) is 18.0 Å². The second-order valence-corrected chi connectivity index (χ2v) is 7.42. The predicted molar refractivity (Wildman–Crippen MR) is 97.2 cm³/mol. The van der Waals surface area contributed by atoms with E-state index >= 15 is 0 Å². The van der Waals surface area contributed by atoms with E-state index in [1.807, 2.05) is 0 Å². The third-order valence-corrected chi connectivity index (χ3v) is 4.63. The van der Waals surface area contributed by atoms with Crippen molar-refractivity contribution in [1.29, 1.82) is 0 Å². The van der Waals surface area contributed by atoms with Crippen molar-refractivity contribution in [3.05, 3.63) is 35.4 Å². The number of benzene rings is 1. The van der Waals surface area contributed by atoms with Crippen LogP contribution < -0.4 is 10.6 Å². The molecule has 1 heterocycles. The van der Waals surface area contributed by atoms with Gasteiger partial charge in [-0.2, -0.15) is 13.2 Å². The van der Waals surface area contributed by atoms with Crippen LogP contribution >= 0.6 is 0 Å². The lowest BCUT2D eigenvalue weighted by molar-refractivity contribution is -0.139. The van der Waals surface area contributed by atoms with Crippen molar-refractivity contribution in [2.75, 3.05) is 26.2 Å². The van der Waals surface area contributed by atoms with E-state index in [9.17, 15) is 23.1 Å². The second-order valence-electron chi connectivity index (χ2n) is 7.42. The van der Waals surface area contributed by atoms with Gasteiger partial charge in [-0.3, -0.25) is 0 Å². The molecular weight excluding hydrogens is 359 g/mol. The monoisotopic (exact) mass is 387 g/mol. The minimum absolute atomic E-state index is 0.0352. The number of hydrogen-bond donors (Lipinski definition) is 3. The topological polar surface area (TPSA) is 64.6 Å². The maximum absolute atomic E-state index is 13.0. The van der Waals surface area contributed by atoms with Gasteiger partial charge in [-0.1, -0.05) is 32.0 Å². The molecule has 1 atom stereocenters. The highest BCUT2D eigenvalue weighted by Crippen LogP contribution is 2.34. The molecule has 0 spiro atoms. The van der Waals surface area contributed by atoms with Crippen molar-refractivity contribution in [2.24, 2.45) is 5.92 Å². The highest BCUT2D eigenvalue weighted by atomic mass is 19.4. The smallest absolute Gasteiger partial charge is 0.387 e. The van der Waals surface area contributed by atoms with Crippen LogP contribution in [-0.2, 0) is 6.18 Å². The summed E-state index contributed by atoms with van der Waals surface area (Å²) < 4.78 is 39.0. The number of likely N-dealkylation sites (tertiary alicyclic amines) is 1. The molecule has 1 aliphatic rings. The Kier molecular flexibility index (Phi) is 7.49. The molecule has 1 saturated heterocycles. The van der Waals surface area contributed by atoms with E-state index < -0.39 is 23.9 Å². The summed E-state index contributed by atoms with van der Waals surface area (Å²) in [5.41, 5.74) is -1.13. The van der Waals surface area contributed by atoms with Gasteiger partial charge >= 0.3 is 12.2 Å². The maximum Gasteiger partial charge on any atom is 0.416 e. The quantitative estimate of drug-likeness (QED) is 0.703. The average Bonchev–Trinajstić information content (AvgIpc) is 2.60. The van der Waals surface area contributed by atoms with Crippen molar-refractivity contribution in [3.8, 4) is 0 Å². The summed E-state index contributed by atoms with van der Waals surface area (Å²) in [7, 11) is 0. The fourth-order valence-electron chi connectivity index (χ4n) is 3.36. The number of piperidine rings is 1. The largest absolute Gasteiger partial charge is 0.416 e. The fraction of sp³-hybridized carbons (Fsp3) is 0.632. The van der Waals surface area contributed by atoms with Crippen LogP contribution in [-0.4, -0.2) is 48.3 Å². The first-order valence-electron chi connectivity index (χ1n) is 9.27. The van der Waals surface area contributed by atoms with Gasteiger partial charge in [0.1, 0.15) is 0 Å². The number of aliphatic hydroxyl groups excluding tert-OH is 1. The lowest BCUT2D eigenvalue weighted by Gasteiger charge is -2.33. The molecule has 1 aliphatic heterocycles. The van der Waals surface area contributed by atoms with Crippen LogP contribution in [0.15, 0.2) is 24.3 Å². The first kappa shape index (κ1) is 21.5. The van der Waals surface area contributed by atoms with E-state index in [1.54, 1.807) is 0 Å². The standard InChI is InChI=1S/C19H28F3N3O2/c1-13(2)12-25-9-7-14(8-10-25)24-18(27)23-11-17(26)15-5-3-4-6-16(15)19(20,21)22/h3-6,13-14,17,26H,7-12H2,1-2H3,(H2,23,24,27). The number of nitrogens with one attached hydrogen (secondary N) is 2. The third kappa shape index (κ3) is 6.70. The maximum atomic E-state index is 13.0. The number of hydrogen-bond acceptors (Lipinski definition) is 3. The van der Waals surface area contributed by atoms with Gasteiger partial charge in [0.05, 0.1) is 11.7 Å². The van der Waals surface area contributed by atoms with Crippen LogP contribution in [0.3, 0.4) is 0 Å². The SMILES string of the molecule is CC(C)CN1CCC(NC(=O)NCC(O)c2ccccc2C(F)(F)F)CC1. The molecular formula is C19H28F3N3O2. The summed E-state index contributed by atoms with van der Waals surface area (Å²) in [6.45, 7) is 6.89. The Morgan fingerprint density at radius 1 is 1.26 bits per heavy atom. The van der Waals surface area contributed by atoms with Gasteiger partial charge in [-0.15, -0.1) is 0 Å².